The van der Waals surface area contributed by atoms with Crippen molar-refractivity contribution in [1.29, 1.82) is 5.26 Å². The van der Waals surface area contributed by atoms with Crippen LogP contribution in [0.4, 0.5) is 11.4 Å². The minimum absolute atomic E-state index is 0.305. The molecular formula is C15H10N2O2S. The van der Waals surface area contributed by atoms with Gasteiger partial charge in [-0.3, -0.25) is 0 Å². The van der Waals surface area contributed by atoms with Crippen molar-refractivity contribution >= 4 is 27.3 Å². The Bertz CT molecular complexity index is 862. The molecule has 0 saturated carbocycles. The molecule has 98 valence electrons. The number of nitrogens with zero attached hydrogens (tertiary/aromatic N) is 1. The summed E-state index contributed by atoms with van der Waals surface area (Å²) >= 11 is 0. The molecule has 0 bridgehead atoms. The molecule has 1 N–H and O–H groups in total. The number of anilines is 2. The smallest absolute Gasteiger partial charge is 0.200 e. The molecule has 0 radical (unpaired) electrons. The first-order valence-electron chi connectivity index (χ1n) is 5.93. The lowest BCUT2D eigenvalue weighted by Gasteiger charge is -2.08. The third-order valence-corrected chi connectivity index (χ3v) is 4.49. The quantitative estimate of drug-likeness (QED) is 0.919. The summed E-state index contributed by atoms with van der Waals surface area (Å²) in [7, 11) is -3.31. The number of hydrogen-bond acceptors (Lipinski definition) is 4. The molecule has 1 aliphatic rings. The fraction of sp³-hybridized carbons (Fsp3) is 0. The van der Waals surface area contributed by atoms with Crippen LogP contribution in [0.3, 0.4) is 0 Å². The summed E-state index contributed by atoms with van der Waals surface area (Å²) in [6.07, 6.45) is 1.59. The topological polar surface area (TPSA) is 70.0 Å². The van der Waals surface area contributed by atoms with Gasteiger partial charge >= 0.3 is 0 Å². The Labute approximate surface area is 116 Å². The summed E-state index contributed by atoms with van der Waals surface area (Å²) in [5, 5.41) is 13.2. The van der Waals surface area contributed by atoms with E-state index in [9.17, 15) is 8.42 Å². The molecule has 0 atom stereocenters. The Hall–Kier alpha value is -2.58. The fourth-order valence-corrected chi connectivity index (χ4v) is 3.29. The van der Waals surface area contributed by atoms with Crippen LogP contribution in [0.25, 0.3) is 6.08 Å². The molecule has 1 aliphatic heterocycles. The number of hydrogen-bond donors (Lipinski definition) is 1. The van der Waals surface area contributed by atoms with Gasteiger partial charge in [0.05, 0.1) is 16.5 Å². The van der Waals surface area contributed by atoms with Crippen molar-refractivity contribution < 1.29 is 8.42 Å². The van der Waals surface area contributed by atoms with Crippen LogP contribution in [0.1, 0.15) is 11.1 Å². The van der Waals surface area contributed by atoms with Gasteiger partial charge in [0.15, 0.2) is 0 Å². The standard InChI is InChI=1S/C15H10N2O2S/c16-10-11-2-1-3-13(8-11)17-14-5-4-12-6-7-20(18,19)15(12)9-14/h1-9,17H. The van der Waals surface area contributed by atoms with Crippen molar-refractivity contribution in [1.82, 2.24) is 0 Å². The highest BCUT2D eigenvalue weighted by atomic mass is 32.2. The van der Waals surface area contributed by atoms with Gasteiger partial charge in [-0.1, -0.05) is 12.1 Å². The Kier molecular flexibility index (Phi) is 2.81. The molecule has 1 heterocycles. The molecule has 0 fully saturated rings. The highest BCUT2D eigenvalue weighted by Crippen LogP contribution is 2.30. The van der Waals surface area contributed by atoms with Crippen molar-refractivity contribution in [2.45, 2.75) is 4.90 Å². The Balaban J connectivity index is 1.96. The maximum absolute atomic E-state index is 11.8. The van der Waals surface area contributed by atoms with Gasteiger partial charge in [-0.25, -0.2) is 8.42 Å². The Morgan fingerprint density at radius 3 is 2.65 bits per heavy atom. The lowest BCUT2D eigenvalue weighted by atomic mass is 10.2. The zero-order valence-electron chi connectivity index (χ0n) is 10.4. The molecule has 2 aromatic rings. The van der Waals surface area contributed by atoms with E-state index in [2.05, 4.69) is 11.4 Å². The number of nitrogens with one attached hydrogen (secondary N) is 1. The Morgan fingerprint density at radius 1 is 1.05 bits per heavy atom. The number of sulfone groups is 1. The highest BCUT2D eigenvalue weighted by molar-refractivity contribution is 7.94. The van der Waals surface area contributed by atoms with Gasteiger partial charge in [0.2, 0.25) is 9.84 Å². The lowest BCUT2D eigenvalue weighted by Crippen LogP contribution is -1.96. The second-order valence-electron chi connectivity index (χ2n) is 4.42. The minimum atomic E-state index is -3.31. The third kappa shape index (κ3) is 2.17. The van der Waals surface area contributed by atoms with Gasteiger partial charge in [0.1, 0.15) is 0 Å². The highest BCUT2D eigenvalue weighted by Gasteiger charge is 2.20. The van der Waals surface area contributed by atoms with Crippen LogP contribution >= 0.6 is 0 Å². The van der Waals surface area contributed by atoms with Crippen LogP contribution < -0.4 is 5.32 Å². The van der Waals surface area contributed by atoms with E-state index in [4.69, 9.17) is 5.26 Å². The van der Waals surface area contributed by atoms with E-state index in [-0.39, 0.29) is 0 Å². The minimum Gasteiger partial charge on any atom is -0.355 e. The number of nitriles is 1. The van der Waals surface area contributed by atoms with Gasteiger partial charge in [-0.2, -0.15) is 5.26 Å². The first kappa shape index (κ1) is 12.5. The van der Waals surface area contributed by atoms with Gasteiger partial charge in [0.25, 0.3) is 0 Å². The maximum atomic E-state index is 11.8. The van der Waals surface area contributed by atoms with E-state index in [0.29, 0.717) is 21.7 Å². The molecule has 0 spiro atoms. The first-order valence-corrected chi connectivity index (χ1v) is 7.47. The van der Waals surface area contributed by atoms with Crippen LogP contribution in [0, 0.1) is 11.3 Å². The third-order valence-electron chi connectivity index (χ3n) is 3.03. The first-order chi connectivity index (χ1) is 9.58. The number of fused-ring (bicyclic) bond motifs is 1. The predicted molar refractivity (Wildman–Crippen MR) is 77.1 cm³/mol. The van der Waals surface area contributed by atoms with Gasteiger partial charge in [-0.05, 0) is 42.0 Å². The molecule has 0 aliphatic carbocycles. The van der Waals surface area contributed by atoms with Gasteiger partial charge in [0, 0.05) is 16.8 Å². The van der Waals surface area contributed by atoms with Gasteiger partial charge < -0.3 is 5.32 Å². The van der Waals surface area contributed by atoms with Crippen LogP contribution in [0.2, 0.25) is 0 Å². The molecule has 0 amide bonds. The summed E-state index contributed by atoms with van der Waals surface area (Å²) in [5.74, 6) is 0. The van der Waals surface area contributed by atoms with Crippen LogP contribution in [0.5, 0.6) is 0 Å². The molecular weight excluding hydrogens is 272 g/mol. The predicted octanol–water partition coefficient (Wildman–Crippen LogP) is 3.06. The maximum Gasteiger partial charge on any atom is 0.200 e. The lowest BCUT2D eigenvalue weighted by molar-refractivity contribution is 0.605. The van der Waals surface area contributed by atoms with E-state index in [1.165, 1.54) is 5.41 Å². The van der Waals surface area contributed by atoms with E-state index in [1.807, 2.05) is 12.1 Å². The van der Waals surface area contributed by atoms with Crippen molar-refractivity contribution in [2.75, 3.05) is 5.32 Å². The van der Waals surface area contributed by atoms with Crippen LogP contribution in [-0.4, -0.2) is 8.42 Å². The fourth-order valence-electron chi connectivity index (χ4n) is 2.07. The van der Waals surface area contributed by atoms with E-state index in [1.54, 1.807) is 36.4 Å². The molecule has 20 heavy (non-hydrogen) atoms. The molecule has 5 heteroatoms. The SMILES string of the molecule is N#Cc1cccc(Nc2ccc3c(c2)S(=O)(=O)C=C3)c1. The van der Waals surface area contributed by atoms with E-state index >= 15 is 0 Å². The van der Waals surface area contributed by atoms with Gasteiger partial charge in [-0.15, -0.1) is 0 Å². The normalized spacial score (nSPS) is 14.6. The largest absolute Gasteiger partial charge is 0.355 e. The Morgan fingerprint density at radius 2 is 1.85 bits per heavy atom. The second kappa shape index (κ2) is 4.51. The monoisotopic (exact) mass is 282 g/mol. The van der Waals surface area contributed by atoms with Crippen molar-refractivity contribution in [2.24, 2.45) is 0 Å². The molecule has 0 aromatic heterocycles. The van der Waals surface area contributed by atoms with Crippen LogP contribution in [0.15, 0.2) is 52.8 Å². The zero-order valence-corrected chi connectivity index (χ0v) is 11.2. The molecule has 4 nitrogen and oxygen atoms in total. The summed E-state index contributed by atoms with van der Waals surface area (Å²) in [4.78, 5) is 0.305. The van der Waals surface area contributed by atoms with Crippen molar-refractivity contribution in [3.63, 3.8) is 0 Å². The summed E-state index contributed by atoms with van der Waals surface area (Å²) < 4.78 is 23.6. The summed E-state index contributed by atoms with van der Waals surface area (Å²) in [6.45, 7) is 0. The molecule has 0 saturated heterocycles. The average Bonchev–Trinajstić information content (AvgIpc) is 2.75. The summed E-state index contributed by atoms with van der Waals surface area (Å²) in [6, 6.07) is 14.2. The average molecular weight is 282 g/mol. The number of rotatable bonds is 2. The summed E-state index contributed by atoms with van der Waals surface area (Å²) in [5.41, 5.74) is 2.66. The molecule has 3 rings (SSSR count). The second-order valence-corrected chi connectivity index (χ2v) is 6.22. The number of benzene rings is 2. The molecule has 2 aromatic carbocycles. The van der Waals surface area contributed by atoms with E-state index < -0.39 is 9.84 Å². The zero-order chi connectivity index (χ0) is 14.2. The molecule has 0 unspecified atom stereocenters. The van der Waals surface area contributed by atoms with Crippen LogP contribution in [-0.2, 0) is 9.84 Å². The van der Waals surface area contributed by atoms with E-state index in [0.717, 1.165) is 5.69 Å². The van der Waals surface area contributed by atoms with Crippen molar-refractivity contribution in [3.8, 4) is 6.07 Å². The van der Waals surface area contributed by atoms with Crippen molar-refractivity contribution in [3.05, 3.63) is 59.0 Å².